The molecule has 29 heavy (non-hydrogen) atoms. The minimum absolute atomic E-state index is 0.0106. The van der Waals surface area contributed by atoms with Crippen molar-refractivity contribution in [3.8, 4) is 0 Å². The summed E-state index contributed by atoms with van der Waals surface area (Å²) in [5, 5.41) is 3.17. The highest BCUT2D eigenvalue weighted by Gasteiger charge is 2.27. The van der Waals surface area contributed by atoms with E-state index in [1.165, 1.54) is 11.1 Å². The quantitative estimate of drug-likeness (QED) is 0.768. The SMILES string of the molecule is Cc1ccc(C)c(C(C)NC(=O)C2CCN(C(=O)/C=C/c3ccccc3)CC2)c1. The van der Waals surface area contributed by atoms with Gasteiger partial charge in [-0.1, -0.05) is 54.1 Å². The van der Waals surface area contributed by atoms with Crippen LogP contribution < -0.4 is 5.32 Å². The third-order valence-corrected chi connectivity index (χ3v) is 5.66. The molecule has 1 unspecified atom stereocenters. The first-order valence-electron chi connectivity index (χ1n) is 10.3. The van der Waals surface area contributed by atoms with Gasteiger partial charge in [-0.05, 0) is 56.4 Å². The number of hydrogen-bond acceptors (Lipinski definition) is 2. The molecule has 2 aromatic rings. The fraction of sp³-hybridized carbons (Fsp3) is 0.360. The molecule has 1 aliphatic rings. The zero-order valence-corrected chi connectivity index (χ0v) is 17.5. The third-order valence-electron chi connectivity index (χ3n) is 5.66. The molecule has 1 fully saturated rings. The molecule has 4 heteroatoms. The van der Waals surface area contributed by atoms with Crippen LogP contribution in [0.1, 0.15) is 48.1 Å². The maximum atomic E-state index is 12.7. The molecule has 0 aliphatic carbocycles. The fourth-order valence-electron chi connectivity index (χ4n) is 3.83. The molecule has 1 heterocycles. The smallest absolute Gasteiger partial charge is 0.246 e. The number of nitrogens with one attached hydrogen (secondary N) is 1. The Morgan fingerprint density at radius 2 is 1.76 bits per heavy atom. The summed E-state index contributed by atoms with van der Waals surface area (Å²) >= 11 is 0. The number of nitrogens with zero attached hydrogens (tertiary/aromatic N) is 1. The molecule has 152 valence electrons. The number of likely N-dealkylation sites (tertiary alicyclic amines) is 1. The molecule has 2 aromatic carbocycles. The van der Waals surface area contributed by atoms with Gasteiger partial charge < -0.3 is 10.2 Å². The third kappa shape index (κ3) is 5.57. The van der Waals surface area contributed by atoms with E-state index in [4.69, 9.17) is 0 Å². The van der Waals surface area contributed by atoms with Gasteiger partial charge in [0.15, 0.2) is 0 Å². The molecule has 1 aliphatic heterocycles. The first kappa shape index (κ1) is 20.8. The number of aryl methyl sites for hydroxylation is 2. The lowest BCUT2D eigenvalue weighted by molar-refractivity contribution is -0.132. The Hall–Kier alpha value is -2.88. The lowest BCUT2D eigenvalue weighted by Gasteiger charge is -2.31. The largest absolute Gasteiger partial charge is 0.349 e. The van der Waals surface area contributed by atoms with Crippen LogP contribution in [0, 0.1) is 19.8 Å². The van der Waals surface area contributed by atoms with Crippen molar-refractivity contribution >= 4 is 17.9 Å². The number of carbonyl (C=O) groups is 2. The summed E-state index contributed by atoms with van der Waals surface area (Å²) in [5.74, 6) is 0.0616. The van der Waals surface area contributed by atoms with Crippen molar-refractivity contribution in [2.75, 3.05) is 13.1 Å². The highest BCUT2D eigenvalue weighted by molar-refractivity contribution is 5.92. The predicted molar refractivity (Wildman–Crippen MR) is 117 cm³/mol. The number of piperidine rings is 1. The van der Waals surface area contributed by atoms with E-state index < -0.39 is 0 Å². The van der Waals surface area contributed by atoms with Crippen molar-refractivity contribution in [2.24, 2.45) is 5.92 Å². The fourth-order valence-corrected chi connectivity index (χ4v) is 3.83. The molecule has 1 saturated heterocycles. The predicted octanol–water partition coefficient (Wildman–Crippen LogP) is 4.43. The Balaban J connectivity index is 1.51. The molecule has 0 spiro atoms. The van der Waals surface area contributed by atoms with Crippen molar-refractivity contribution in [3.05, 3.63) is 76.9 Å². The van der Waals surface area contributed by atoms with Gasteiger partial charge in [-0.25, -0.2) is 0 Å². The minimum Gasteiger partial charge on any atom is -0.349 e. The minimum atomic E-state index is -0.0373. The monoisotopic (exact) mass is 390 g/mol. The molecular formula is C25H30N2O2. The first-order chi connectivity index (χ1) is 13.9. The zero-order valence-electron chi connectivity index (χ0n) is 17.5. The van der Waals surface area contributed by atoms with E-state index in [1.807, 2.05) is 48.2 Å². The van der Waals surface area contributed by atoms with Gasteiger partial charge in [-0.15, -0.1) is 0 Å². The van der Waals surface area contributed by atoms with Gasteiger partial charge in [0, 0.05) is 25.1 Å². The Kier molecular flexibility index (Phi) is 6.86. The Morgan fingerprint density at radius 1 is 1.07 bits per heavy atom. The van der Waals surface area contributed by atoms with Gasteiger partial charge in [0.25, 0.3) is 0 Å². The van der Waals surface area contributed by atoms with E-state index in [1.54, 1.807) is 6.08 Å². The molecule has 0 saturated carbocycles. The van der Waals surface area contributed by atoms with E-state index in [9.17, 15) is 9.59 Å². The van der Waals surface area contributed by atoms with Crippen LogP contribution in [0.3, 0.4) is 0 Å². The zero-order chi connectivity index (χ0) is 20.8. The number of hydrogen-bond donors (Lipinski definition) is 1. The van der Waals surface area contributed by atoms with Crippen molar-refractivity contribution in [2.45, 2.75) is 39.7 Å². The summed E-state index contributed by atoms with van der Waals surface area (Å²) < 4.78 is 0. The highest BCUT2D eigenvalue weighted by Crippen LogP contribution is 2.22. The molecule has 3 rings (SSSR count). The summed E-state index contributed by atoms with van der Waals surface area (Å²) in [4.78, 5) is 27.0. The molecule has 2 amide bonds. The number of benzene rings is 2. The van der Waals surface area contributed by atoms with Crippen LogP contribution in [0.4, 0.5) is 0 Å². The Labute approximate surface area is 173 Å². The van der Waals surface area contributed by atoms with E-state index in [0.717, 1.165) is 11.1 Å². The van der Waals surface area contributed by atoms with Crippen molar-refractivity contribution in [1.82, 2.24) is 10.2 Å². The maximum absolute atomic E-state index is 12.7. The summed E-state index contributed by atoms with van der Waals surface area (Å²) in [6.07, 6.45) is 4.87. The standard InChI is InChI=1S/C25H30N2O2/c1-18-9-10-19(2)23(17-18)20(3)26-25(29)22-13-15-27(16-14-22)24(28)12-11-21-7-5-4-6-8-21/h4-12,17,20,22H,13-16H2,1-3H3,(H,26,29)/b12-11+. The molecule has 1 N–H and O–H groups in total. The number of carbonyl (C=O) groups excluding carboxylic acids is 2. The van der Waals surface area contributed by atoms with Gasteiger partial charge in [-0.2, -0.15) is 0 Å². The second-order valence-electron chi connectivity index (χ2n) is 7.93. The van der Waals surface area contributed by atoms with Gasteiger partial charge in [0.1, 0.15) is 0 Å². The van der Waals surface area contributed by atoms with Crippen LogP contribution in [0.15, 0.2) is 54.6 Å². The van der Waals surface area contributed by atoms with Crippen LogP contribution in [-0.4, -0.2) is 29.8 Å². The first-order valence-corrected chi connectivity index (χ1v) is 10.3. The normalized spacial score (nSPS) is 16.0. The topological polar surface area (TPSA) is 49.4 Å². The average molecular weight is 391 g/mol. The Morgan fingerprint density at radius 3 is 2.45 bits per heavy atom. The van der Waals surface area contributed by atoms with Gasteiger partial charge >= 0.3 is 0 Å². The highest BCUT2D eigenvalue weighted by atomic mass is 16.2. The average Bonchev–Trinajstić information content (AvgIpc) is 2.74. The summed E-state index contributed by atoms with van der Waals surface area (Å²) in [6, 6.07) is 16.1. The maximum Gasteiger partial charge on any atom is 0.246 e. The lowest BCUT2D eigenvalue weighted by atomic mass is 9.94. The second kappa shape index (κ2) is 9.55. The molecule has 0 radical (unpaired) electrons. The Bertz CT molecular complexity index is 881. The van der Waals surface area contributed by atoms with Crippen LogP contribution in [0.25, 0.3) is 6.08 Å². The molecule has 0 bridgehead atoms. The van der Waals surface area contributed by atoms with Crippen LogP contribution in [-0.2, 0) is 9.59 Å². The molecule has 1 atom stereocenters. The van der Waals surface area contributed by atoms with Crippen LogP contribution >= 0.6 is 0 Å². The second-order valence-corrected chi connectivity index (χ2v) is 7.93. The number of amides is 2. The van der Waals surface area contributed by atoms with E-state index in [2.05, 4.69) is 37.4 Å². The molecular weight excluding hydrogens is 360 g/mol. The number of rotatable bonds is 5. The van der Waals surface area contributed by atoms with E-state index >= 15 is 0 Å². The summed E-state index contributed by atoms with van der Waals surface area (Å²) in [5.41, 5.74) is 4.56. The molecule has 0 aromatic heterocycles. The van der Waals surface area contributed by atoms with E-state index in [0.29, 0.717) is 25.9 Å². The van der Waals surface area contributed by atoms with Crippen molar-refractivity contribution < 1.29 is 9.59 Å². The van der Waals surface area contributed by atoms with E-state index in [-0.39, 0.29) is 23.8 Å². The van der Waals surface area contributed by atoms with Crippen molar-refractivity contribution in [1.29, 1.82) is 0 Å². The lowest BCUT2D eigenvalue weighted by Crippen LogP contribution is -2.43. The summed E-state index contributed by atoms with van der Waals surface area (Å²) in [7, 11) is 0. The van der Waals surface area contributed by atoms with Gasteiger partial charge in [-0.3, -0.25) is 9.59 Å². The molecule has 4 nitrogen and oxygen atoms in total. The van der Waals surface area contributed by atoms with Crippen molar-refractivity contribution in [3.63, 3.8) is 0 Å². The van der Waals surface area contributed by atoms with Gasteiger partial charge in [0.2, 0.25) is 11.8 Å². The van der Waals surface area contributed by atoms with Crippen LogP contribution in [0.2, 0.25) is 0 Å². The summed E-state index contributed by atoms with van der Waals surface area (Å²) in [6.45, 7) is 7.41. The van der Waals surface area contributed by atoms with Crippen LogP contribution in [0.5, 0.6) is 0 Å². The van der Waals surface area contributed by atoms with Gasteiger partial charge in [0.05, 0.1) is 6.04 Å².